The summed E-state index contributed by atoms with van der Waals surface area (Å²) in [7, 11) is 0. The summed E-state index contributed by atoms with van der Waals surface area (Å²) < 4.78 is 5.73. The molecule has 1 aliphatic rings. The fourth-order valence-electron chi connectivity index (χ4n) is 2.43. The Kier molecular flexibility index (Phi) is 3.43. The van der Waals surface area contributed by atoms with Gasteiger partial charge in [-0.1, -0.05) is 32.9 Å². The van der Waals surface area contributed by atoms with Gasteiger partial charge < -0.3 is 10.5 Å². The Balaban J connectivity index is 2.37. The van der Waals surface area contributed by atoms with Gasteiger partial charge in [0.1, 0.15) is 5.75 Å². The molecule has 0 aromatic heterocycles. The number of rotatable bonds is 2. The van der Waals surface area contributed by atoms with Crippen LogP contribution in [0.15, 0.2) is 18.2 Å². The Bertz CT molecular complexity index is 392. The Hall–Kier alpha value is -1.02. The van der Waals surface area contributed by atoms with E-state index in [0.717, 1.165) is 31.7 Å². The molecule has 2 nitrogen and oxygen atoms in total. The second-order valence-corrected chi connectivity index (χ2v) is 5.91. The van der Waals surface area contributed by atoms with E-state index in [4.69, 9.17) is 10.5 Å². The minimum Gasteiger partial charge on any atom is -0.493 e. The lowest BCUT2D eigenvalue weighted by Gasteiger charge is -2.28. The number of benzene rings is 1. The zero-order valence-electron chi connectivity index (χ0n) is 11.1. The van der Waals surface area contributed by atoms with Gasteiger partial charge in [-0.2, -0.15) is 0 Å². The molecule has 0 fully saturated rings. The smallest absolute Gasteiger partial charge is 0.122 e. The van der Waals surface area contributed by atoms with Crippen molar-refractivity contribution < 1.29 is 4.74 Å². The summed E-state index contributed by atoms with van der Waals surface area (Å²) in [6.45, 7) is 8.32. The molecule has 0 radical (unpaired) electrons. The van der Waals surface area contributed by atoms with E-state index in [1.165, 1.54) is 11.1 Å². The van der Waals surface area contributed by atoms with E-state index in [-0.39, 0.29) is 5.41 Å². The van der Waals surface area contributed by atoms with Gasteiger partial charge in [0.15, 0.2) is 0 Å². The largest absolute Gasteiger partial charge is 0.493 e. The number of ether oxygens (including phenoxy) is 1. The van der Waals surface area contributed by atoms with E-state index >= 15 is 0 Å². The molecular weight excluding hydrogens is 210 g/mol. The normalized spacial score (nSPS) is 19.6. The van der Waals surface area contributed by atoms with Crippen molar-refractivity contribution >= 4 is 0 Å². The number of fused-ring (bicyclic) bond motifs is 1. The predicted molar refractivity (Wildman–Crippen MR) is 71.7 cm³/mol. The van der Waals surface area contributed by atoms with Crippen LogP contribution in [0.4, 0.5) is 0 Å². The molecule has 0 amide bonds. The van der Waals surface area contributed by atoms with Crippen LogP contribution in [0.1, 0.15) is 50.7 Å². The van der Waals surface area contributed by atoms with E-state index in [0.29, 0.717) is 5.92 Å². The van der Waals surface area contributed by atoms with Gasteiger partial charge in [-0.15, -0.1) is 0 Å². The Labute approximate surface area is 104 Å². The van der Waals surface area contributed by atoms with E-state index in [2.05, 4.69) is 39.0 Å². The van der Waals surface area contributed by atoms with E-state index < -0.39 is 0 Å². The molecule has 1 aromatic rings. The van der Waals surface area contributed by atoms with Crippen molar-refractivity contribution in [3.05, 3.63) is 29.3 Å². The second-order valence-electron chi connectivity index (χ2n) is 5.91. The van der Waals surface area contributed by atoms with Crippen molar-refractivity contribution in [1.29, 1.82) is 0 Å². The van der Waals surface area contributed by atoms with Gasteiger partial charge >= 0.3 is 0 Å². The lowest BCUT2D eigenvalue weighted by molar-refractivity contribution is 0.263. The van der Waals surface area contributed by atoms with Crippen molar-refractivity contribution in [2.24, 2.45) is 5.73 Å². The summed E-state index contributed by atoms with van der Waals surface area (Å²) in [6, 6.07) is 6.62. The highest BCUT2D eigenvalue weighted by Crippen LogP contribution is 2.38. The molecule has 1 atom stereocenters. The van der Waals surface area contributed by atoms with E-state index in [1.54, 1.807) is 0 Å². The molecule has 0 bridgehead atoms. The number of hydrogen-bond donors (Lipinski definition) is 1. The van der Waals surface area contributed by atoms with Crippen LogP contribution in [-0.2, 0) is 5.41 Å². The zero-order valence-corrected chi connectivity index (χ0v) is 11.1. The molecule has 0 saturated heterocycles. The maximum absolute atomic E-state index is 5.73. The van der Waals surface area contributed by atoms with Crippen LogP contribution in [-0.4, -0.2) is 13.2 Å². The maximum Gasteiger partial charge on any atom is 0.122 e. The van der Waals surface area contributed by atoms with Gasteiger partial charge in [0.2, 0.25) is 0 Å². The fraction of sp³-hybridized carbons (Fsp3) is 0.600. The molecule has 0 aliphatic carbocycles. The zero-order chi connectivity index (χ0) is 12.5. The predicted octanol–water partition coefficient (Wildman–Crippen LogP) is 3.20. The van der Waals surface area contributed by atoms with Crippen molar-refractivity contribution in [3.8, 4) is 5.75 Å². The van der Waals surface area contributed by atoms with Crippen molar-refractivity contribution in [2.45, 2.75) is 44.9 Å². The summed E-state index contributed by atoms with van der Waals surface area (Å²) in [5.41, 5.74) is 8.63. The molecule has 1 unspecified atom stereocenters. The Morgan fingerprint density at radius 1 is 1.35 bits per heavy atom. The van der Waals surface area contributed by atoms with Crippen LogP contribution in [0.3, 0.4) is 0 Å². The first-order valence-corrected chi connectivity index (χ1v) is 6.49. The fourth-order valence-corrected chi connectivity index (χ4v) is 2.43. The lowest BCUT2D eigenvalue weighted by atomic mass is 9.82. The van der Waals surface area contributed by atoms with Crippen LogP contribution in [0.5, 0.6) is 5.75 Å². The van der Waals surface area contributed by atoms with Crippen LogP contribution in [0.2, 0.25) is 0 Å². The second kappa shape index (κ2) is 4.69. The summed E-state index contributed by atoms with van der Waals surface area (Å²) in [5.74, 6) is 1.63. The molecule has 0 saturated carbocycles. The Morgan fingerprint density at radius 3 is 2.76 bits per heavy atom. The lowest BCUT2D eigenvalue weighted by Crippen LogP contribution is -2.19. The minimum atomic E-state index is 0.194. The molecule has 0 spiro atoms. The molecule has 17 heavy (non-hydrogen) atoms. The van der Waals surface area contributed by atoms with Gasteiger partial charge in [-0.05, 0) is 47.9 Å². The summed E-state index contributed by atoms with van der Waals surface area (Å²) in [6.07, 6.45) is 2.15. The summed E-state index contributed by atoms with van der Waals surface area (Å²) in [5, 5.41) is 0. The Morgan fingerprint density at radius 2 is 2.12 bits per heavy atom. The van der Waals surface area contributed by atoms with Gasteiger partial charge in [-0.3, -0.25) is 0 Å². The van der Waals surface area contributed by atoms with Crippen LogP contribution >= 0.6 is 0 Å². The highest BCUT2D eigenvalue weighted by molar-refractivity contribution is 5.43. The molecule has 1 heterocycles. The highest BCUT2D eigenvalue weighted by Gasteiger charge is 2.23. The summed E-state index contributed by atoms with van der Waals surface area (Å²) >= 11 is 0. The van der Waals surface area contributed by atoms with Crippen LogP contribution in [0, 0.1) is 0 Å². The molecule has 2 heteroatoms. The standard InChI is InChI=1S/C15H23NO/c1-15(2,3)12-4-5-14-13(10-12)11(6-8-16)7-9-17-14/h4-5,10-11H,6-9,16H2,1-3H3. The molecule has 1 aromatic carbocycles. The molecule has 2 N–H and O–H groups in total. The monoisotopic (exact) mass is 233 g/mol. The first kappa shape index (κ1) is 12.4. The van der Waals surface area contributed by atoms with Crippen molar-refractivity contribution in [1.82, 2.24) is 0 Å². The average Bonchev–Trinajstić information content (AvgIpc) is 2.28. The first-order chi connectivity index (χ1) is 8.02. The van der Waals surface area contributed by atoms with Gasteiger partial charge in [0.25, 0.3) is 0 Å². The quantitative estimate of drug-likeness (QED) is 0.851. The minimum absolute atomic E-state index is 0.194. The third kappa shape index (κ3) is 2.63. The van der Waals surface area contributed by atoms with Crippen LogP contribution in [0.25, 0.3) is 0 Å². The summed E-state index contributed by atoms with van der Waals surface area (Å²) in [4.78, 5) is 0. The average molecular weight is 233 g/mol. The molecule has 94 valence electrons. The van der Waals surface area contributed by atoms with Crippen molar-refractivity contribution in [2.75, 3.05) is 13.2 Å². The first-order valence-electron chi connectivity index (χ1n) is 6.49. The molecule has 1 aliphatic heterocycles. The molecular formula is C15H23NO. The number of hydrogen-bond acceptors (Lipinski definition) is 2. The highest BCUT2D eigenvalue weighted by atomic mass is 16.5. The van der Waals surface area contributed by atoms with Crippen molar-refractivity contribution in [3.63, 3.8) is 0 Å². The third-order valence-corrected chi connectivity index (χ3v) is 3.55. The maximum atomic E-state index is 5.73. The topological polar surface area (TPSA) is 35.2 Å². The number of nitrogens with two attached hydrogens (primary N) is 1. The third-order valence-electron chi connectivity index (χ3n) is 3.55. The van der Waals surface area contributed by atoms with E-state index in [1.807, 2.05) is 0 Å². The van der Waals surface area contributed by atoms with Gasteiger partial charge in [0, 0.05) is 0 Å². The van der Waals surface area contributed by atoms with E-state index in [9.17, 15) is 0 Å². The SMILES string of the molecule is CC(C)(C)c1ccc2c(c1)C(CCN)CCO2. The van der Waals surface area contributed by atoms with Gasteiger partial charge in [-0.25, -0.2) is 0 Å². The van der Waals surface area contributed by atoms with Crippen LogP contribution < -0.4 is 10.5 Å². The van der Waals surface area contributed by atoms with Gasteiger partial charge in [0.05, 0.1) is 6.61 Å². The molecule has 2 rings (SSSR count).